The van der Waals surface area contributed by atoms with E-state index >= 15 is 0 Å². The zero-order valence-electron chi connectivity index (χ0n) is 5.44. The van der Waals surface area contributed by atoms with E-state index in [0.717, 1.165) is 0 Å². The summed E-state index contributed by atoms with van der Waals surface area (Å²) in [5, 5.41) is 8.26. The Balaban J connectivity index is 0. The Hall–Kier alpha value is 0.420. The molecule has 0 spiro atoms. The Bertz CT molecular complexity index is 103. The topological polar surface area (TPSA) is 63.3 Å². The Morgan fingerprint density at radius 3 is 2.60 bits per heavy atom. The second-order valence-electron chi connectivity index (χ2n) is 1.40. The number of aliphatic carboxylic acids is 1. The molecule has 0 amide bonds. The second kappa shape index (κ2) is 7.53. The summed E-state index contributed by atoms with van der Waals surface area (Å²) in [6.45, 7) is 0. The fraction of sp³-hybridized carbons (Fsp3) is 0.750. The average molecular weight is 204 g/mol. The molecule has 0 radical (unpaired) electrons. The summed E-state index contributed by atoms with van der Waals surface area (Å²) in [5.74, 6) is -0.465. The van der Waals surface area contributed by atoms with Crippen LogP contribution in [-0.4, -0.2) is 29.1 Å². The van der Waals surface area contributed by atoms with Gasteiger partial charge in [-0.25, -0.2) is 0 Å². The number of nitrogens with two attached hydrogens (primary N) is 1. The maximum Gasteiger partial charge on any atom is 0.321 e. The van der Waals surface area contributed by atoms with Gasteiger partial charge in [-0.3, -0.25) is 4.79 Å². The van der Waals surface area contributed by atoms with Crippen LogP contribution < -0.4 is 5.73 Å². The van der Waals surface area contributed by atoms with E-state index in [9.17, 15) is 4.79 Å². The van der Waals surface area contributed by atoms with Crippen LogP contribution in [0.25, 0.3) is 0 Å². The minimum atomic E-state index is -0.934. The Morgan fingerprint density at radius 1 is 1.80 bits per heavy atom. The number of carboxylic acids is 1. The van der Waals surface area contributed by atoms with E-state index in [1.165, 1.54) is 21.6 Å². The normalized spacial score (nSPS) is 11.8. The molecule has 62 valence electrons. The average Bonchev–Trinajstić information content (AvgIpc) is 1.82. The van der Waals surface area contributed by atoms with Gasteiger partial charge in [0.15, 0.2) is 0 Å². The molecule has 0 bridgehead atoms. The van der Waals surface area contributed by atoms with Crippen molar-refractivity contribution in [2.24, 2.45) is 5.73 Å². The van der Waals surface area contributed by atoms with Crippen LogP contribution in [0.15, 0.2) is 0 Å². The smallest absolute Gasteiger partial charge is 0.321 e. The molecule has 0 saturated carbocycles. The van der Waals surface area contributed by atoms with Crippen LogP contribution in [-0.2, 0) is 4.79 Å². The molecule has 0 saturated heterocycles. The summed E-state index contributed by atoms with van der Waals surface area (Å²) in [7, 11) is 2.98. The van der Waals surface area contributed by atoms with E-state index in [2.05, 4.69) is 0 Å². The van der Waals surface area contributed by atoms with Crippen LogP contribution in [0.4, 0.5) is 0 Å². The van der Waals surface area contributed by atoms with Crippen LogP contribution >= 0.6 is 34.0 Å². The van der Waals surface area contributed by atoms with Crippen molar-refractivity contribution in [2.75, 3.05) is 12.0 Å². The molecular weight excluding hydrogens is 194 g/mol. The molecule has 0 rings (SSSR count). The number of carboxylic acid groups (broad SMARTS) is 1. The molecule has 0 aliphatic carbocycles. The van der Waals surface area contributed by atoms with Gasteiger partial charge in [0.25, 0.3) is 0 Å². The molecule has 1 atom stereocenters. The van der Waals surface area contributed by atoms with Crippen molar-refractivity contribution < 1.29 is 9.90 Å². The van der Waals surface area contributed by atoms with Crippen molar-refractivity contribution in [2.45, 2.75) is 6.04 Å². The molecule has 3 nitrogen and oxygen atoms in total. The van der Waals surface area contributed by atoms with Gasteiger partial charge in [-0.15, -0.1) is 12.4 Å². The lowest BCUT2D eigenvalue weighted by Crippen LogP contribution is -2.32. The molecule has 0 fully saturated rings. The number of rotatable bonds is 4. The fourth-order valence-electron chi connectivity index (χ4n) is 0.213. The maximum atomic E-state index is 10.1. The lowest BCUT2D eigenvalue weighted by Gasteiger charge is -2.01. The SMILES string of the molecule is CSSC[C@H](N)C(=O)O.Cl. The van der Waals surface area contributed by atoms with Gasteiger partial charge < -0.3 is 10.8 Å². The highest BCUT2D eigenvalue weighted by atomic mass is 35.5. The minimum Gasteiger partial charge on any atom is -0.480 e. The first-order chi connectivity index (χ1) is 4.18. The molecule has 6 heteroatoms. The predicted octanol–water partition coefficient (Wildman–Crippen LogP) is 0.831. The van der Waals surface area contributed by atoms with E-state index in [1.54, 1.807) is 0 Å². The quantitative estimate of drug-likeness (QED) is 0.663. The van der Waals surface area contributed by atoms with E-state index in [-0.39, 0.29) is 12.4 Å². The number of hydrogen-bond acceptors (Lipinski definition) is 4. The summed E-state index contributed by atoms with van der Waals surface area (Å²) in [6.07, 6.45) is 1.89. The summed E-state index contributed by atoms with van der Waals surface area (Å²) in [5.41, 5.74) is 5.17. The van der Waals surface area contributed by atoms with Crippen LogP contribution in [0.5, 0.6) is 0 Å². The molecular formula is C4H10ClNO2S2. The first-order valence-corrected chi connectivity index (χ1v) is 5.05. The Labute approximate surface area is 73.9 Å². The van der Waals surface area contributed by atoms with Crippen molar-refractivity contribution in [3.05, 3.63) is 0 Å². The monoisotopic (exact) mass is 203 g/mol. The molecule has 0 unspecified atom stereocenters. The third kappa shape index (κ3) is 6.54. The first-order valence-electron chi connectivity index (χ1n) is 2.32. The molecule has 0 heterocycles. The van der Waals surface area contributed by atoms with Crippen molar-refractivity contribution >= 4 is 40.0 Å². The largest absolute Gasteiger partial charge is 0.480 e. The fourth-order valence-corrected chi connectivity index (χ4v) is 1.49. The highest BCUT2D eigenvalue weighted by molar-refractivity contribution is 8.76. The van der Waals surface area contributed by atoms with E-state index < -0.39 is 12.0 Å². The number of carbonyl (C=O) groups is 1. The van der Waals surface area contributed by atoms with E-state index in [1.807, 2.05) is 6.26 Å². The molecule has 3 N–H and O–H groups in total. The molecule has 0 aliphatic rings. The minimum absolute atomic E-state index is 0. The molecule has 0 aromatic rings. The van der Waals surface area contributed by atoms with Crippen molar-refractivity contribution in [3.8, 4) is 0 Å². The van der Waals surface area contributed by atoms with E-state index in [4.69, 9.17) is 10.8 Å². The zero-order chi connectivity index (χ0) is 7.28. The highest BCUT2D eigenvalue weighted by Gasteiger charge is 2.09. The Morgan fingerprint density at radius 2 is 2.30 bits per heavy atom. The van der Waals surface area contributed by atoms with Gasteiger partial charge >= 0.3 is 5.97 Å². The van der Waals surface area contributed by atoms with Gasteiger partial charge in [0.05, 0.1) is 0 Å². The molecule has 0 aromatic carbocycles. The Kier molecular flexibility index (Phi) is 9.82. The van der Waals surface area contributed by atoms with Crippen molar-refractivity contribution in [1.29, 1.82) is 0 Å². The number of halogens is 1. The summed E-state index contributed by atoms with van der Waals surface area (Å²) in [6, 6.07) is -0.720. The van der Waals surface area contributed by atoms with E-state index in [0.29, 0.717) is 5.75 Å². The highest BCUT2D eigenvalue weighted by Crippen LogP contribution is 2.16. The second-order valence-corrected chi connectivity index (χ2v) is 4.01. The summed E-state index contributed by atoms with van der Waals surface area (Å²) >= 11 is 0. The van der Waals surface area contributed by atoms with Gasteiger partial charge in [-0.2, -0.15) is 0 Å². The molecule has 0 aliphatic heterocycles. The van der Waals surface area contributed by atoms with Crippen LogP contribution in [0.3, 0.4) is 0 Å². The first kappa shape index (κ1) is 13.0. The van der Waals surface area contributed by atoms with Crippen molar-refractivity contribution in [1.82, 2.24) is 0 Å². The van der Waals surface area contributed by atoms with Crippen LogP contribution in [0, 0.1) is 0 Å². The third-order valence-corrected chi connectivity index (χ3v) is 2.53. The van der Waals surface area contributed by atoms with Gasteiger partial charge in [-0.05, 0) is 6.26 Å². The molecule has 10 heavy (non-hydrogen) atoms. The van der Waals surface area contributed by atoms with Gasteiger partial charge in [0, 0.05) is 5.75 Å². The predicted molar refractivity (Wildman–Crippen MR) is 48.8 cm³/mol. The number of hydrogen-bond donors (Lipinski definition) is 2. The third-order valence-electron chi connectivity index (χ3n) is 0.683. The maximum absolute atomic E-state index is 10.1. The van der Waals surface area contributed by atoms with Gasteiger partial charge in [-0.1, -0.05) is 21.6 Å². The zero-order valence-corrected chi connectivity index (χ0v) is 7.89. The standard InChI is InChI=1S/C4H9NO2S2.ClH/c1-8-9-2-3(5)4(6)7;/h3H,2,5H2,1H3,(H,6,7);1H/t3-;/m0./s1. The summed E-state index contributed by atoms with van der Waals surface area (Å²) < 4.78 is 0. The van der Waals surface area contributed by atoms with Gasteiger partial charge in [0.2, 0.25) is 0 Å². The van der Waals surface area contributed by atoms with Crippen molar-refractivity contribution in [3.63, 3.8) is 0 Å². The molecule has 0 aromatic heterocycles. The lowest BCUT2D eigenvalue weighted by molar-refractivity contribution is -0.137. The lowest BCUT2D eigenvalue weighted by atomic mass is 10.4. The van der Waals surface area contributed by atoms with Gasteiger partial charge in [0.1, 0.15) is 6.04 Å². The van der Waals surface area contributed by atoms with Crippen LogP contribution in [0.2, 0.25) is 0 Å². The summed E-state index contributed by atoms with van der Waals surface area (Å²) in [4.78, 5) is 10.1. The van der Waals surface area contributed by atoms with Crippen LogP contribution in [0.1, 0.15) is 0 Å².